The van der Waals surface area contributed by atoms with E-state index < -0.39 is 10.0 Å². The summed E-state index contributed by atoms with van der Waals surface area (Å²) in [5.41, 5.74) is 0.298. The summed E-state index contributed by atoms with van der Waals surface area (Å²) < 4.78 is 26.8. The predicted molar refractivity (Wildman–Crippen MR) is 93.0 cm³/mol. The van der Waals surface area contributed by atoms with E-state index in [-0.39, 0.29) is 4.90 Å². The second kappa shape index (κ2) is 7.31. The number of hydrogen-bond acceptors (Lipinski definition) is 3. The topological polar surface area (TPSA) is 73.8 Å². The van der Waals surface area contributed by atoms with Crippen molar-refractivity contribution in [2.75, 3.05) is 33.2 Å². The van der Waals surface area contributed by atoms with E-state index in [1.165, 1.54) is 0 Å². The fourth-order valence-corrected chi connectivity index (χ4v) is 3.72. The number of likely N-dealkylation sites (tertiary alicyclic amines) is 1. The molecule has 0 aliphatic carbocycles. The van der Waals surface area contributed by atoms with E-state index in [0.29, 0.717) is 18.5 Å². The molecule has 0 bridgehead atoms. The highest BCUT2D eigenvalue weighted by Crippen LogP contribution is 2.28. The lowest BCUT2D eigenvalue weighted by molar-refractivity contribution is 0.370. The zero-order valence-corrected chi connectivity index (χ0v) is 14.9. The van der Waals surface area contributed by atoms with Gasteiger partial charge in [-0.3, -0.25) is 4.99 Å². The minimum atomic E-state index is -3.45. The minimum Gasteiger partial charge on any atom is -0.355 e. The average molecular weight is 338 g/mol. The van der Waals surface area contributed by atoms with Crippen LogP contribution in [0.2, 0.25) is 0 Å². The van der Waals surface area contributed by atoms with Crippen LogP contribution in [-0.4, -0.2) is 52.5 Å². The molecular formula is C16H26N4O2S. The first-order valence-electron chi connectivity index (χ1n) is 7.84. The lowest BCUT2D eigenvalue weighted by Crippen LogP contribution is -2.43. The molecule has 0 amide bonds. The molecule has 0 spiro atoms. The van der Waals surface area contributed by atoms with Crippen LogP contribution in [0.5, 0.6) is 0 Å². The number of nitrogens with one attached hydrogen (secondary N) is 2. The molecule has 0 atom stereocenters. The smallest absolute Gasteiger partial charge is 0.240 e. The van der Waals surface area contributed by atoms with Crippen molar-refractivity contribution in [3.8, 4) is 0 Å². The van der Waals surface area contributed by atoms with Crippen LogP contribution < -0.4 is 10.0 Å². The van der Waals surface area contributed by atoms with E-state index in [0.717, 1.165) is 25.5 Å². The molecule has 7 heteroatoms. The largest absolute Gasteiger partial charge is 0.355 e. The number of hydrogen-bond donors (Lipinski definition) is 2. The number of nitrogens with zero attached hydrogens (tertiary/aromatic N) is 2. The molecule has 6 nitrogen and oxygen atoms in total. The van der Waals surface area contributed by atoms with Crippen molar-refractivity contribution in [1.29, 1.82) is 0 Å². The SMILES string of the molecule is CN=C(NCCNS(=O)(=O)c1ccccc1)N1CCC(C)(C)C1. The van der Waals surface area contributed by atoms with Gasteiger partial charge in [0, 0.05) is 33.2 Å². The molecule has 1 aromatic rings. The summed E-state index contributed by atoms with van der Waals surface area (Å²) in [5.74, 6) is 0.828. The molecule has 2 rings (SSSR count). The number of aliphatic imine (C=N–C) groups is 1. The summed E-state index contributed by atoms with van der Waals surface area (Å²) in [6.07, 6.45) is 1.13. The molecular weight excluding hydrogens is 312 g/mol. The van der Waals surface area contributed by atoms with Crippen LogP contribution >= 0.6 is 0 Å². The van der Waals surface area contributed by atoms with Gasteiger partial charge in [0.05, 0.1) is 4.90 Å². The number of guanidine groups is 1. The van der Waals surface area contributed by atoms with Gasteiger partial charge in [0.15, 0.2) is 5.96 Å². The first-order chi connectivity index (χ1) is 10.8. The van der Waals surface area contributed by atoms with Crippen molar-refractivity contribution in [2.45, 2.75) is 25.2 Å². The van der Waals surface area contributed by atoms with Gasteiger partial charge in [0.1, 0.15) is 0 Å². The summed E-state index contributed by atoms with van der Waals surface area (Å²) in [5, 5.41) is 3.22. The highest BCUT2D eigenvalue weighted by molar-refractivity contribution is 7.89. The Kier molecular flexibility index (Phi) is 5.64. The molecule has 1 aromatic carbocycles. The Bertz CT molecular complexity index is 641. The summed E-state index contributed by atoms with van der Waals surface area (Å²) >= 11 is 0. The van der Waals surface area contributed by atoms with E-state index >= 15 is 0 Å². The average Bonchev–Trinajstić information content (AvgIpc) is 2.88. The highest BCUT2D eigenvalue weighted by atomic mass is 32.2. The lowest BCUT2D eigenvalue weighted by atomic mass is 9.93. The van der Waals surface area contributed by atoms with Crippen LogP contribution in [0.15, 0.2) is 40.2 Å². The van der Waals surface area contributed by atoms with Gasteiger partial charge in [-0.1, -0.05) is 32.0 Å². The van der Waals surface area contributed by atoms with E-state index in [2.05, 4.69) is 33.8 Å². The fraction of sp³-hybridized carbons (Fsp3) is 0.562. The Morgan fingerprint density at radius 1 is 1.26 bits per heavy atom. The normalized spacial score (nSPS) is 18.2. The van der Waals surface area contributed by atoms with Gasteiger partial charge in [-0.15, -0.1) is 0 Å². The minimum absolute atomic E-state index is 0.283. The first kappa shape index (κ1) is 17.7. The molecule has 0 unspecified atom stereocenters. The molecule has 1 aliphatic rings. The van der Waals surface area contributed by atoms with Crippen LogP contribution in [0, 0.1) is 5.41 Å². The van der Waals surface area contributed by atoms with Crippen molar-refractivity contribution < 1.29 is 8.42 Å². The molecule has 2 N–H and O–H groups in total. The van der Waals surface area contributed by atoms with Crippen molar-refractivity contribution >= 4 is 16.0 Å². The van der Waals surface area contributed by atoms with Crippen molar-refractivity contribution in [3.05, 3.63) is 30.3 Å². The van der Waals surface area contributed by atoms with Crippen molar-refractivity contribution in [2.24, 2.45) is 10.4 Å². The zero-order valence-electron chi connectivity index (χ0n) is 14.0. The predicted octanol–water partition coefficient (Wildman–Crippen LogP) is 1.27. The van der Waals surface area contributed by atoms with Gasteiger partial charge in [-0.25, -0.2) is 13.1 Å². The molecule has 128 valence electrons. The second-order valence-electron chi connectivity index (χ2n) is 6.52. The monoisotopic (exact) mass is 338 g/mol. The van der Waals surface area contributed by atoms with E-state index in [1.807, 2.05) is 0 Å². The Hall–Kier alpha value is -1.60. The summed E-state index contributed by atoms with van der Waals surface area (Å²) in [6, 6.07) is 8.39. The maximum absolute atomic E-state index is 12.1. The van der Waals surface area contributed by atoms with Gasteiger partial charge < -0.3 is 10.2 Å². The van der Waals surface area contributed by atoms with Gasteiger partial charge in [-0.05, 0) is 24.0 Å². The lowest BCUT2D eigenvalue weighted by Gasteiger charge is -2.23. The van der Waals surface area contributed by atoms with E-state index in [9.17, 15) is 8.42 Å². The third-order valence-corrected chi connectivity index (χ3v) is 5.42. The summed E-state index contributed by atoms with van der Waals surface area (Å²) in [6.45, 7) is 7.23. The number of benzene rings is 1. The van der Waals surface area contributed by atoms with Gasteiger partial charge in [0.25, 0.3) is 0 Å². The quantitative estimate of drug-likeness (QED) is 0.482. The third-order valence-electron chi connectivity index (χ3n) is 3.94. The van der Waals surface area contributed by atoms with Crippen LogP contribution in [-0.2, 0) is 10.0 Å². The molecule has 0 aromatic heterocycles. The Morgan fingerprint density at radius 3 is 2.52 bits per heavy atom. The van der Waals surface area contributed by atoms with E-state index in [4.69, 9.17) is 0 Å². The van der Waals surface area contributed by atoms with Crippen LogP contribution in [0.3, 0.4) is 0 Å². The number of sulfonamides is 1. The van der Waals surface area contributed by atoms with Gasteiger partial charge >= 0.3 is 0 Å². The second-order valence-corrected chi connectivity index (χ2v) is 8.29. The van der Waals surface area contributed by atoms with Crippen LogP contribution in [0.25, 0.3) is 0 Å². The summed E-state index contributed by atoms with van der Waals surface area (Å²) in [4.78, 5) is 6.78. The fourth-order valence-electron chi connectivity index (χ4n) is 2.67. The molecule has 1 aliphatic heterocycles. The van der Waals surface area contributed by atoms with Crippen molar-refractivity contribution in [3.63, 3.8) is 0 Å². The maximum Gasteiger partial charge on any atom is 0.240 e. The molecule has 23 heavy (non-hydrogen) atoms. The Morgan fingerprint density at radius 2 is 1.96 bits per heavy atom. The maximum atomic E-state index is 12.1. The molecule has 1 fully saturated rings. The molecule has 1 heterocycles. The highest BCUT2D eigenvalue weighted by Gasteiger charge is 2.30. The van der Waals surface area contributed by atoms with Gasteiger partial charge in [-0.2, -0.15) is 0 Å². The standard InChI is InChI=1S/C16H26N4O2S/c1-16(2)9-12-20(13-16)15(17-3)18-10-11-19-23(21,22)14-7-5-4-6-8-14/h4-8,19H,9-13H2,1-3H3,(H,17,18). The van der Waals surface area contributed by atoms with Crippen molar-refractivity contribution in [1.82, 2.24) is 14.9 Å². The van der Waals surface area contributed by atoms with Crippen LogP contribution in [0.1, 0.15) is 20.3 Å². The third kappa shape index (κ3) is 4.94. The molecule has 0 saturated carbocycles. The Labute approximate surface area is 139 Å². The first-order valence-corrected chi connectivity index (χ1v) is 9.33. The van der Waals surface area contributed by atoms with E-state index in [1.54, 1.807) is 37.4 Å². The Balaban J connectivity index is 1.81. The molecule has 1 saturated heterocycles. The number of rotatable bonds is 5. The summed E-state index contributed by atoms with van der Waals surface area (Å²) in [7, 11) is -1.69. The zero-order chi connectivity index (χ0) is 16.9. The van der Waals surface area contributed by atoms with Crippen LogP contribution in [0.4, 0.5) is 0 Å². The molecule has 0 radical (unpaired) electrons. The van der Waals surface area contributed by atoms with Gasteiger partial charge in [0.2, 0.25) is 10.0 Å².